The number of benzene rings is 3. The molecule has 0 saturated carbocycles. The number of aliphatic imine (C=N–C) groups is 2. The number of nitrogens with one attached hydrogen (secondary N) is 2. The van der Waals surface area contributed by atoms with Gasteiger partial charge in [-0.3, -0.25) is 39.0 Å². The van der Waals surface area contributed by atoms with E-state index in [1.807, 2.05) is 0 Å². The first kappa shape index (κ1) is 50.3. The van der Waals surface area contributed by atoms with Crippen LogP contribution in [0.4, 0.5) is 72.8 Å². The van der Waals surface area contributed by atoms with E-state index in [9.17, 15) is 80.6 Å². The van der Waals surface area contributed by atoms with Crippen molar-refractivity contribution < 1.29 is 80.6 Å². The molecule has 0 saturated heterocycles. The van der Waals surface area contributed by atoms with Crippen molar-refractivity contribution in [2.24, 2.45) is 9.98 Å². The summed E-state index contributed by atoms with van der Waals surface area (Å²) in [6.45, 7) is 2.83. The first-order valence-electron chi connectivity index (χ1n) is 17.9. The van der Waals surface area contributed by atoms with Crippen molar-refractivity contribution in [2.45, 2.75) is 63.7 Å². The van der Waals surface area contributed by atoms with Crippen LogP contribution in [0.5, 0.6) is 0 Å². The van der Waals surface area contributed by atoms with Crippen molar-refractivity contribution in [2.75, 3.05) is 36.8 Å². The highest BCUT2D eigenvalue weighted by Crippen LogP contribution is 2.48. The van der Waals surface area contributed by atoms with Crippen LogP contribution in [0.3, 0.4) is 0 Å². The van der Waals surface area contributed by atoms with Gasteiger partial charge in [0, 0.05) is 59.8 Å². The summed E-state index contributed by atoms with van der Waals surface area (Å²) in [6, 6.07) is 14.1. The second kappa shape index (κ2) is 18.9. The Morgan fingerprint density at radius 3 is 0.935 bits per heavy atom. The number of rotatable bonds is 14. The molecule has 3 aromatic rings. The average molecular weight is 905 g/mol. The highest BCUT2D eigenvalue weighted by atomic mass is 19.4. The molecule has 0 heterocycles. The molecular formula is C38H34F14N6O4. The molecule has 0 radical (unpaired) electrons. The summed E-state index contributed by atoms with van der Waals surface area (Å²) in [7, 11) is 0. The third-order valence-electron chi connectivity index (χ3n) is 8.50. The maximum Gasteiger partial charge on any atom is 0.460 e. The van der Waals surface area contributed by atoms with E-state index in [1.165, 1.54) is 62.4 Å². The van der Waals surface area contributed by atoms with Gasteiger partial charge in [0.15, 0.2) is 0 Å². The third-order valence-corrected chi connectivity index (χ3v) is 8.50. The molecule has 4 amide bonds. The van der Waals surface area contributed by atoms with Crippen LogP contribution in [-0.2, 0) is 9.59 Å². The molecule has 0 aliphatic carbocycles. The second-order valence-corrected chi connectivity index (χ2v) is 12.6. The van der Waals surface area contributed by atoms with Crippen LogP contribution >= 0.6 is 0 Å². The summed E-state index contributed by atoms with van der Waals surface area (Å²) in [4.78, 5) is 58.4. The molecule has 0 aliphatic heterocycles. The Kier molecular flexibility index (Phi) is 15.3. The van der Waals surface area contributed by atoms with Crippen molar-refractivity contribution in [1.82, 2.24) is 9.80 Å². The fourth-order valence-electron chi connectivity index (χ4n) is 5.29. The predicted molar refractivity (Wildman–Crippen MR) is 196 cm³/mol. The van der Waals surface area contributed by atoms with Gasteiger partial charge in [0.1, 0.15) is 11.7 Å². The van der Waals surface area contributed by atoms with Gasteiger partial charge in [-0.05, 0) is 100 Å². The fourth-order valence-corrected chi connectivity index (χ4v) is 5.29. The molecule has 24 heteroatoms. The summed E-state index contributed by atoms with van der Waals surface area (Å²) in [5.41, 5.74) is -0.268. The molecule has 0 aliphatic rings. The van der Waals surface area contributed by atoms with Crippen LogP contribution < -0.4 is 10.6 Å². The van der Waals surface area contributed by atoms with Gasteiger partial charge in [0.25, 0.3) is 11.8 Å². The average Bonchev–Trinajstić information content (AvgIpc) is 3.20. The van der Waals surface area contributed by atoms with Crippen molar-refractivity contribution in [3.8, 4) is 0 Å². The number of hydrogen-bond acceptors (Lipinski definition) is 6. The molecule has 2 N–H and O–H groups in total. The van der Waals surface area contributed by atoms with Crippen LogP contribution in [0.2, 0.25) is 0 Å². The Morgan fingerprint density at radius 2 is 0.710 bits per heavy atom. The SMILES string of the molecule is CCN=C(c1ccc(NC(=O)c2ccc(C(=O)Nc3ccc(C(=NCC)N(CC)C(=O)C(F)(F)C(F)(F)C(F)(F)F)cc3)cc2)cc1)N(CC)C(=O)C(F)(F)C(F)(F)C(F)(F)F. The zero-order valence-corrected chi connectivity index (χ0v) is 32.5. The number of nitrogens with zero attached hydrogens (tertiary/aromatic N) is 4. The van der Waals surface area contributed by atoms with E-state index in [0.717, 1.165) is 38.1 Å². The van der Waals surface area contributed by atoms with E-state index in [-0.39, 0.29) is 56.5 Å². The highest BCUT2D eigenvalue weighted by molar-refractivity contribution is 6.12. The number of carbonyl (C=O) groups is 4. The number of alkyl halides is 14. The predicted octanol–water partition coefficient (Wildman–Crippen LogP) is 9.09. The Hall–Kier alpha value is -6.10. The second-order valence-electron chi connectivity index (χ2n) is 12.6. The van der Waals surface area contributed by atoms with Gasteiger partial charge >= 0.3 is 47.9 Å². The first-order chi connectivity index (χ1) is 28.5. The van der Waals surface area contributed by atoms with Crippen molar-refractivity contribution in [1.29, 1.82) is 0 Å². The standard InChI is InChI=1S/C38H34F14N6O4/c1-5-53-27(57(7-3)31(61)33(39,40)35(43,44)37(47,48)49)21-13-17-25(18-14-21)55-29(59)23-9-11-24(12-10-23)30(60)56-26-19-15-22(16-20-26)28(54-6-2)58(8-4)32(62)34(41,42)36(45,46)38(50,51)52/h9-20H,5-8H2,1-4H3,(H,55,59)(H,56,60). The van der Waals surface area contributed by atoms with E-state index >= 15 is 0 Å². The van der Waals surface area contributed by atoms with Crippen LogP contribution in [0.25, 0.3) is 0 Å². The van der Waals surface area contributed by atoms with Gasteiger partial charge in [-0.2, -0.15) is 61.5 Å². The lowest BCUT2D eigenvalue weighted by molar-refractivity contribution is -0.345. The summed E-state index contributed by atoms with van der Waals surface area (Å²) in [6.07, 6.45) is -13.5. The molecule has 62 heavy (non-hydrogen) atoms. The van der Waals surface area contributed by atoms with Gasteiger partial charge in [-0.25, -0.2) is 0 Å². The van der Waals surface area contributed by atoms with E-state index in [0.29, 0.717) is 0 Å². The van der Waals surface area contributed by atoms with E-state index in [4.69, 9.17) is 0 Å². The maximum absolute atomic E-state index is 14.3. The molecule has 10 nitrogen and oxygen atoms in total. The Labute approximate surface area is 342 Å². The lowest BCUT2D eigenvalue weighted by Gasteiger charge is -2.32. The summed E-state index contributed by atoms with van der Waals surface area (Å²) >= 11 is 0. The quantitative estimate of drug-likeness (QED) is 0.0953. The molecule has 3 aromatic carbocycles. The molecule has 0 spiro atoms. The molecule has 338 valence electrons. The summed E-state index contributed by atoms with van der Waals surface area (Å²) < 4.78 is 188. The van der Waals surface area contributed by atoms with Crippen LogP contribution in [-0.4, -0.2) is 107 Å². The largest absolute Gasteiger partial charge is 0.460 e. The molecular weight excluding hydrogens is 870 g/mol. The normalized spacial score (nSPS) is 13.4. The highest BCUT2D eigenvalue weighted by Gasteiger charge is 2.78. The minimum atomic E-state index is -6.75. The zero-order chi connectivity index (χ0) is 47.2. The summed E-state index contributed by atoms with van der Waals surface area (Å²) in [5.74, 6) is -34.4. The molecule has 0 fully saturated rings. The number of amidine groups is 2. The molecule has 0 bridgehead atoms. The number of carbonyl (C=O) groups excluding carboxylic acids is 4. The minimum Gasteiger partial charge on any atom is -0.322 e. The minimum absolute atomic E-state index is 0.0184. The van der Waals surface area contributed by atoms with Crippen molar-refractivity contribution in [3.05, 3.63) is 95.1 Å². The topological polar surface area (TPSA) is 124 Å². The smallest absolute Gasteiger partial charge is 0.322 e. The molecule has 0 unspecified atom stereocenters. The Bertz CT molecular complexity index is 2000. The van der Waals surface area contributed by atoms with Crippen LogP contribution in [0.1, 0.15) is 59.5 Å². The molecule has 0 atom stereocenters. The van der Waals surface area contributed by atoms with Crippen molar-refractivity contribution in [3.63, 3.8) is 0 Å². The van der Waals surface area contributed by atoms with E-state index in [1.54, 1.807) is 0 Å². The number of halogens is 14. The number of amides is 4. The Balaban J connectivity index is 1.74. The monoisotopic (exact) mass is 904 g/mol. The van der Waals surface area contributed by atoms with Gasteiger partial charge in [-0.1, -0.05) is 0 Å². The number of hydrogen-bond donors (Lipinski definition) is 2. The fraction of sp³-hybridized carbons (Fsp3) is 0.368. The van der Waals surface area contributed by atoms with Crippen molar-refractivity contribution >= 4 is 46.7 Å². The number of anilines is 2. The maximum atomic E-state index is 14.3. The third kappa shape index (κ3) is 10.2. The molecule has 0 aromatic heterocycles. The lowest BCUT2D eigenvalue weighted by Crippen LogP contribution is -2.61. The zero-order valence-electron chi connectivity index (χ0n) is 32.5. The first-order valence-corrected chi connectivity index (χ1v) is 17.9. The van der Waals surface area contributed by atoms with Gasteiger partial charge in [0.2, 0.25) is 0 Å². The Morgan fingerprint density at radius 1 is 0.452 bits per heavy atom. The lowest BCUT2D eigenvalue weighted by atomic mass is 10.1. The van der Waals surface area contributed by atoms with Gasteiger partial charge < -0.3 is 10.6 Å². The van der Waals surface area contributed by atoms with Gasteiger partial charge in [-0.15, -0.1) is 0 Å². The van der Waals surface area contributed by atoms with E-state index in [2.05, 4.69) is 20.6 Å². The van der Waals surface area contributed by atoms with Gasteiger partial charge in [0.05, 0.1) is 0 Å². The van der Waals surface area contributed by atoms with Crippen LogP contribution in [0, 0.1) is 0 Å². The van der Waals surface area contributed by atoms with Crippen LogP contribution in [0.15, 0.2) is 82.8 Å². The van der Waals surface area contributed by atoms with E-state index < -0.39 is 84.4 Å². The summed E-state index contributed by atoms with van der Waals surface area (Å²) in [5, 5.41) is 4.94. The molecule has 3 rings (SSSR count).